The van der Waals surface area contributed by atoms with Crippen LogP contribution in [0.2, 0.25) is 0 Å². The maximum Gasteiger partial charge on any atom is 0.277 e. The normalized spacial score (nSPS) is 27.3. The SMILES string of the molecule is NCC(F)(F)CNC(=O)C1CC12CCCc1ccccc12. The fraction of sp³-hybridized carbons (Fsp3) is 0.562. The molecule has 0 aromatic heterocycles. The van der Waals surface area contributed by atoms with Crippen molar-refractivity contribution >= 4 is 5.91 Å². The molecule has 0 saturated heterocycles. The highest BCUT2D eigenvalue weighted by Crippen LogP contribution is 2.60. The molecule has 2 aliphatic rings. The number of alkyl halides is 2. The number of nitrogens with two attached hydrogens (primary N) is 1. The first-order valence-corrected chi connectivity index (χ1v) is 7.42. The molecule has 0 heterocycles. The first-order valence-electron chi connectivity index (χ1n) is 7.42. The maximum absolute atomic E-state index is 13.1. The molecule has 0 aliphatic heterocycles. The van der Waals surface area contributed by atoms with Gasteiger partial charge in [0.15, 0.2) is 0 Å². The summed E-state index contributed by atoms with van der Waals surface area (Å²) in [7, 11) is 0. The van der Waals surface area contributed by atoms with E-state index in [2.05, 4.69) is 17.4 Å². The number of nitrogens with one attached hydrogen (secondary N) is 1. The van der Waals surface area contributed by atoms with Crippen molar-refractivity contribution < 1.29 is 13.6 Å². The fourth-order valence-electron chi connectivity index (χ4n) is 3.59. The third-order valence-corrected chi connectivity index (χ3v) is 4.83. The molecule has 3 rings (SSSR count). The van der Waals surface area contributed by atoms with Gasteiger partial charge in [-0.15, -0.1) is 0 Å². The number of amides is 1. The summed E-state index contributed by atoms with van der Waals surface area (Å²) < 4.78 is 26.3. The summed E-state index contributed by atoms with van der Waals surface area (Å²) >= 11 is 0. The highest BCUT2D eigenvalue weighted by atomic mass is 19.3. The van der Waals surface area contributed by atoms with E-state index in [4.69, 9.17) is 5.73 Å². The molecule has 1 aromatic rings. The summed E-state index contributed by atoms with van der Waals surface area (Å²) in [5, 5.41) is 2.37. The van der Waals surface area contributed by atoms with Crippen LogP contribution in [0, 0.1) is 5.92 Å². The minimum Gasteiger partial charge on any atom is -0.350 e. The van der Waals surface area contributed by atoms with E-state index in [0.717, 1.165) is 25.7 Å². The van der Waals surface area contributed by atoms with Crippen LogP contribution in [0.1, 0.15) is 30.4 Å². The van der Waals surface area contributed by atoms with Crippen LogP contribution in [0.15, 0.2) is 24.3 Å². The van der Waals surface area contributed by atoms with Gasteiger partial charge >= 0.3 is 0 Å². The summed E-state index contributed by atoms with van der Waals surface area (Å²) in [5.74, 6) is -3.46. The number of benzene rings is 1. The Balaban J connectivity index is 1.70. The van der Waals surface area contributed by atoms with Gasteiger partial charge in [-0.25, -0.2) is 8.78 Å². The molecule has 2 atom stereocenters. The van der Waals surface area contributed by atoms with Crippen molar-refractivity contribution in [3.8, 4) is 0 Å². The minimum absolute atomic E-state index is 0.114. The second-order valence-corrected chi connectivity index (χ2v) is 6.20. The van der Waals surface area contributed by atoms with Gasteiger partial charge in [0, 0.05) is 11.3 Å². The Labute approximate surface area is 122 Å². The second kappa shape index (κ2) is 5.05. The second-order valence-electron chi connectivity index (χ2n) is 6.20. The average Bonchev–Trinajstić information content (AvgIpc) is 3.20. The van der Waals surface area contributed by atoms with Gasteiger partial charge in [0.1, 0.15) is 0 Å². The van der Waals surface area contributed by atoms with E-state index in [1.54, 1.807) is 0 Å². The van der Waals surface area contributed by atoms with Crippen molar-refractivity contribution in [2.75, 3.05) is 13.1 Å². The van der Waals surface area contributed by atoms with Gasteiger partial charge in [-0.3, -0.25) is 4.79 Å². The Bertz CT molecular complexity index is 561. The predicted molar refractivity (Wildman–Crippen MR) is 76.2 cm³/mol. The zero-order valence-corrected chi connectivity index (χ0v) is 11.9. The van der Waals surface area contributed by atoms with Gasteiger partial charge in [0.05, 0.1) is 13.1 Å². The molecule has 1 fully saturated rings. The molecule has 5 heteroatoms. The molecule has 3 nitrogen and oxygen atoms in total. The Morgan fingerprint density at radius 3 is 2.95 bits per heavy atom. The lowest BCUT2D eigenvalue weighted by Gasteiger charge is -2.26. The van der Waals surface area contributed by atoms with Gasteiger partial charge in [-0.1, -0.05) is 24.3 Å². The van der Waals surface area contributed by atoms with Crippen LogP contribution < -0.4 is 11.1 Å². The quantitative estimate of drug-likeness (QED) is 0.892. The van der Waals surface area contributed by atoms with Crippen molar-refractivity contribution in [2.45, 2.75) is 37.0 Å². The van der Waals surface area contributed by atoms with Crippen molar-refractivity contribution in [2.24, 2.45) is 11.7 Å². The third-order valence-electron chi connectivity index (χ3n) is 4.83. The van der Waals surface area contributed by atoms with Crippen LogP contribution in [-0.4, -0.2) is 24.9 Å². The first-order chi connectivity index (χ1) is 9.98. The summed E-state index contributed by atoms with van der Waals surface area (Å²) in [6.07, 6.45) is 3.83. The number of hydrogen-bond donors (Lipinski definition) is 2. The first kappa shape index (κ1) is 14.4. The van der Waals surface area contributed by atoms with E-state index in [9.17, 15) is 13.6 Å². The molecule has 2 aliphatic carbocycles. The molecular formula is C16H20F2N2O. The van der Waals surface area contributed by atoms with Crippen molar-refractivity contribution in [1.29, 1.82) is 0 Å². The third kappa shape index (κ3) is 2.55. The standard InChI is InChI=1S/C16H20F2N2O/c17-16(18,9-19)10-20-14(21)13-8-15(13)7-3-5-11-4-1-2-6-12(11)15/h1-2,4,6,13H,3,5,7-10,19H2,(H,20,21). The molecule has 1 amide bonds. The fourth-order valence-corrected chi connectivity index (χ4v) is 3.59. The number of hydrogen-bond acceptors (Lipinski definition) is 2. The lowest BCUT2D eigenvalue weighted by Crippen LogP contribution is -2.42. The zero-order chi connectivity index (χ0) is 15.1. The molecule has 114 valence electrons. The number of carbonyl (C=O) groups is 1. The smallest absolute Gasteiger partial charge is 0.277 e. The van der Waals surface area contributed by atoms with Crippen molar-refractivity contribution in [3.05, 3.63) is 35.4 Å². The molecule has 1 spiro atoms. The van der Waals surface area contributed by atoms with Crippen LogP contribution in [0.3, 0.4) is 0 Å². The number of aryl methyl sites for hydroxylation is 1. The van der Waals surface area contributed by atoms with Gasteiger partial charge in [0.25, 0.3) is 5.92 Å². The van der Waals surface area contributed by atoms with Crippen molar-refractivity contribution in [3.63, 3.8) is 0 Å². The van der Waals surface area contributed by atoms with Crippen LogP contribution in [0.25, 0.3) is 0 Å². The molecule has 21 heavy (non-hydrogen) atoms. The Morgan fingerprint density at radius 1 is 1.43 bits per heavy atom. The van der Waals surface area contributed by atoms with Gasteiger partial charge in [0.2, 0.25) is 5.91 Å². The van der Waals surface area contributed by atoms with Gasteiger partial charge < -0.3 is 11.1 Å². The predicted octanol–water partition coefficient (Wildman–Crippen LogP) is 1.99. The summed E-state index contributed by atoms with van der Waals surface area (Å²) in [5.41, 5.74) is 7.40. The molecule has 1 saturated carbocycles. The molecule has 2 unspecified atom stereocenters. The van der Waals surface area contributed by atoms with E-state index in [-0.39, 0.29) is 17.2 Å². The van der Waals surface area contributed by atoms with Gasteiger partial charge in [-0.2, -0.15) is 0 Å². The van der Waals surface area contributed by atoms with E-state index < -0.39 is 19.0 Å². The highest BCUT2D eigenvalue weighted by Gasteiger charge is 2.60. The van der Waals surface area contributed by atoms with Crippen LogP contribution >= 0.6 is 0 Å². The Kier molecular flexibility index (Phi) is 3.48. The average molecular weight is 294 g/mol. The molecule has 3 N–H and O–H groups in total. The maximum atomic E-state index is 13.1. The summed E-state index contributed by atoms with van der Waals surface area (Å²) in [6.45, 7) is -1.41. The molecule has 1 aromatic carbocycles. The lowest BCUT2D eigenvalue weighted by atomic mass is 9.78. The van der Waals surface area contributed by atoms with Gasteiger partial charge in [-0.05, 0) is 36.8 Å². The van der Waals surface area contributed by atoms with Crippen LogP contribution in [0.4, 0.5) is 8.78 Å². The number of halogens is 2. The topological polar surface area (TPSA) is 55.1 Å². The number of carbonyl (C=O) groups excluding carboxylic acids is 1. The highest BCUT2D eigenvalue weighted by molar-refractivity contribution is 5.84. The molecule has 0 bridgehead atoms. The van der Waals surface area contributed by atoms with E-state index in [1.807, 2.05) is 12.1 Å². The van der Waals surface area contributed by atoms with Crippen LogP contribution in [-0.2, 0) is 16.6 Å². The minimum atomic E-state index is -3.03. The van der Waals surface area contributed by atoms with Crippen molar-refractivity contribution in [1.82, 2.24) is 5.32 Å². The lowest BCUT2D eigenvalue weighted by molar-refractivity contribution is -0.124. The number of rotatable bonds is 4. The zero-order valence-electron chi connectivity index (χ0n) is 11.9. The molecule has 0 radical (unpaired) electrons. The van der Waals surface area contributed by atoms with E-state index in [1.165, 1.54) is 11.1 Å². The Hall–Kier alpha value is -1.49. The monoisotopic (exact) mass is 294 g/mol. The summed E-state index contributed by atoms with van der Waals surface area (Å²) in [4.78, 5) is 12.2. The number of fused-ring (bicyclic) bond motifs is 2. The van der Waals surface area contributed by atoms with Crippen LogP contribution in [0.5, 0.6) is 0 Å². The van der Waals surface area contributed by atoms with E-state index >= 15 is 0 Å². The summed E-state index contributed by atoms with van der Waals surface area (Å²) in [6, 6.07) is 8.18. The van der Waals surface area contributed by atoms with E-state index in [0.29, 0.717) is 0 Å². The Morgan fingerprint density at radius 2 is 2.19 bits per heavy atom. The molecular weight excluding hydrogens is 274 g/mol. The largest absolute Gasteiger partial charge is 0.350 e.